The molecule has 0 aliphatic rings. The molecule has 0 fully saturated rings. The van der Waals surface area contributed by atoms with Crippen molar-refractivity contribution in [2.24, 2.45) is 5.92 Å². The fourth-order valence-corrected chi connectivity index (χ4v) is 2.34. The molecule has 0 bridgehead atoms. The van der Waals surface area contributed by atoms with Crippen molar-refractivity contribution < 1.29 is 9.90 Å². The molecular weight excluding hydrogens is 304 g/mol. The van der Waals surface area contributed by atoms with Gasteiger partial charge in [0.2, 0.25) is 0 Å². The number of amides is 1. The van der Waals surface area contributed by atoms with Gasteiger partial charge in [-0.15, -0.1) is 0 Å². The molecule has 6 nitrogen and oxygen atoms in total. The Balaban J connectivity index is 1.75. The van der Waals surface area contributed by atoms with Crippen LogP contribution in [0.2, 0.25) is 0 Å². The first-order valence-electron chi connectivity index (χ1n) is 7.91. The maximum Gasteiger partial charge on any atom is 0.252 e. The normalized spacial score (nSPS) is 12.5. The monoisotopic (exact) mass is 324 g/mol. The van der Waals surface area contributed by atoms with Gasteiger partial charge in [-0.3, -0.25) is 9.36 Å². The van der Waals surface area contributed by atoms with E-state index < -0.39 is 6.10 Å². The van der Waals surface area contributed by atoms with Crippen molar-refractivity contribution in [3.8, 4) is 5.82 Å². The van der Waals surface area contributed by atoms with Gasteiger partial charge in [0.25, 0.3) is 5.91 Å². The number of imidazole rings is 1. The smallest absolute Gasteiger partial charge is 0.252 e. The molecular formula is C18H20N4O2. The summed E-state index contributed by atoms with van der Waals surface area (Å²) in [5, 5.41) is 12.5. The van der Waals surface area contributed by atoms with Crippen LogP contribution in [0.3, 0.4) is 0 Å². The number of carbonyl (C=O) groups excluding carboxylic acids is 1. The fraction of sp³-hybridized carbons (Fsp3) is 0.278. The highest BCUT2D eigenvalue weighted by Gasteiger charge is 2.12. The average molecular weight is 324 g/mol. The lowest BCUT2D eigenvalue weighted by molar-refractivity contribution is 0.0871. The number of rotatable bonds is 5. The van der Waals surface area contributed by atoms with Crippen molar-refractivity contribution in [3.05, 3.63) is 54.5 Å². The first kappa shape index (κ1) is 16.1. The summed E-state index contributed by atoms with van der Waals surface area (Å²) in [4.78, 5) is 20.8. The summed E-state index contributed by atoms with van der Waals surface area (Å²) >= 11 is 0. The van der Waals surface area contributed by atoms with E-state index in [0.29, 0.717) is 11.4 Å². The SMILES string of the molecule is CC(C)C(O)CNC(=O)c1ccc(-n2cnc3ccccc32)nc1. The Morgan fingerprint density at radius 3 is 2.71 bits per heavy atom. The molecule has 1 atom stereocenters. The lowest BCUT2D eigenvalue weighted by Gasteiger charge is -2.15. The van der Waals surface area contributed by atoms with Gasteiger partial charge in [0.05, 0.1) is 22.7 Å². The Bertz CT molecular complexity index is 840. The van der Waals surface area contributed by atoms with Crippen LogP contribution in [-0.2, 0) is 0 Å². The van der Waals surface area contributed by atoms with Crippen LogP contribution in [0.25, 0.3) is 16.9 Å². The van der Waals surface area contributed by atoms with Gasteiger partial charge in [-0.1, -0.05) is 26.0 Å². The van der Waals surface area contributed by atoms with Crippen LogP contribution in [0.4, 0.5) is 0 Å². The highest BCUT2D eigenvalue weighted by Crippen LogP contribution is 2.16. The third-order valence-electron chi connectivity index (χ3n) is 3.95. The van der Waals surface area contributed by atoms with Crippen molar-refractivity contribution in [1.29, 1.82) is 0 Å². The maximum atomic E-state index is 12.1. The van der Waals surface area contributed by atoms with Gasteiger partial charge in [0, 0.05) is 12.7 Å². The Kier molecular flexibility index (Phi) is 4.57. The van der Waals surface area contributed by atoms with Crippen LogP contribution in [0.15, 0.2) is 48.9 Å². The molecule has 2 aromatic heterocycles. The number of pyridine rings is 1. The van der Waals surface area contributed by atoms with E-state index in [-0.39, 0.29) is 18.4 Å². The lowest BCUT2D eigenvalue weighted by Crippen LogP contribution is -2.34. The van der Waals surface area contributed by atoms with E-state index in [4.69, 9.17) is 0 Å². The van der Waals surface area contributed by atoms with Crippen molar-refractivity contribution >= 4 is 16.9 Å². The molecule has 1 unspecified atom stereocenters. The number of benzene rings is 1. The second-order valence-corrected chi connectivity index (χ2v) is 6.03. The molecule has 0 saturated carbocycles. The molecule has 24 heavy (non-hydrogen) atoms. The molecule has 0 aliphatic heterocycles. The van der Waals surface area contributed by atoms with Crippen LogP contribution in [0.1, 0.15) is 24.2 Å². The minimum atomic E-state index is -0.557. The minimum absolute atomic E-state index is 0.0975. The Labute approximate surface area is 140 Å². The van der Waals surface area contributed by atoms with E-state index in [1.807, 2.05) is 42.7 Å². The lowest BCUT2D eigenvalue weighted by atomic mass is 10.1. The fourth-order valence-electron chi connectivity index (χ4n) is 2.34. The number of aliphatic hydroxyl groups excluding tert-OH is 1. The molecule has 0 aliphatic carbocycles. The summed E-state index contributed by atoms with van der Waals surface area (Å²) in [6, 6.07) is 11.3. The van der Waals surface area contributed by atoms with Crippen molar-refractivity contribution in [3.63, 3.8) is 0 Å². The molecule has 2 heterocycles. The van der Waals surface area contributed by atoms with E-state index in [1.54, 1.807) is 18.5 Å². The molecule has 124 valence electrons. The highest BCUT2D eigenvalue weighted by atomic mass is 16.3. The summed E-state index contributed by atoms with van der Waals surface area (Å²) < 4.78 is 1.87. The molecule has 6 heteroatoms. The summed E-state index contributed by atoms with van der Waals surface area (Å²) in [5.41, 5.74) is 2.31. The maximum absolute atomic E-state index is 12.1. The molecule has 1 aromatic carbocycles. The second-order valence-electron chi connectivity index (χ2n) is 6.03. The van der Waals surface area contributed by atoms with Crippen LogP contribution in [0.5, 0.6) is 0 Å². The Hall–Kier alpha value is -2.73. The van der Waals surface area contributed by atoms with Gasteiger partial charge in [0.15, 0.2) is 0 Å². The van der Waals surface area contributed by atoms with E-state index in [0.717, 1.165) is 11.0 Å². The van der Waals surface area contributed by atoms with Crippen molar-refractivity contribution in [1.82, 2.24) is 19.9 Å². The van der Waals surface area contributed by atoms with Gasteiger partial charge in [-0.05, 0) is 30.2 Å². The quantitative estimate of drug-likeness (QED) is 0.754. The van der Waals surface area contributed by atoms with Crippen molar-refractivity contribution in [2.45, 2.75) is 20.0 Å². The molecule has 3 rings (SSSR count). The van der Waals surface area contributed by atoms with Crippen LogP contribution in [0, 0.1) is 5.92 Å². The molecule has 0 spiro atoms. The molecule has 1 amide bonds. The Morgan fingerprint density at radius 1 is 1.21 bits per heavy atom. The van der Waals surface area contributed by atoms with E-state index in [9.17, 15) is 9.90 Å². The average Bonchev–Trinajstić information content (AvgIpc) is 3.03. The highest BCUT2D eigenvalue weighted by molar-refractivity contribution is 5.94. The minimum Gasteiger partial charge on any atom is -0.391 e. The van der Waals surface area contributed by atoms with Crippen LogP contribution >= 0.6 is 0 Å². The van der Waals surface area contributed by atoms with Crippen molar-refractivity contribution in [2.75, 3.05) is 6.54 Å². The summed E-state index contributed by atoms with van der Waals surface area (Å²) in [6.45, 7) is 4.04. The molecule has 0 saturated heterocycles. The van der Waals surface area contributed by atoms with E-state index in [2.05, 4.69) is 15.3 Å². The first-order valence-corrected chi connectivity index (χ1v) is 7.91. The van der Waals surface area contributed by atoms with Crippen LogP contribution < -0.4 is 5.32 Å². The number of nitrogens with one attached hydrogen (secondary N) is 1. The number of nitrogens with zero attached hydrogens (tertiary/aromatic N) is 3. The number of aliphatic hydroxyl groups is 1. The van der Waals surface area contributed by atoms with Crippen LogP contribution in [-0.4, -0.2) is 38.2 Å². The zero-order valence-electron chi connectivity index (χ0n) is 13.7. The standard InChI is InChI=1S/C18H20N4O2/c1-12(2)16(23)10-20-18(24)13-7-8-17(19-9-13)22-11-21-14-5-3-4-6-15(14)22/h3-9,11-12,16,23H,10H2,1-2H3,(H,20,24). The predicted molar refractivity (Wildman–Crippen MR) is 92.0 cm³/mol. The molecule has 2 N–H and O–H groups in total. The third kappa shape index (κ3) is 3.28. The zero-order chi connectivity index (χ0) is 17.1. The van der Waals surface area contributed by atoms with Gasteiger partial charge in [-0.25, -0.2) is 9.97 Å². The number of carbonyl (C=O) groups is 1. The largest absolute Gasteiger partial charge is 0.391 e. The van der Waals surface area contributed by atoms with Gasteiger partial charge >= 0.3 is 0 Å². The number of aromatic nitrogens is 3. The summed E-state index contributed by atoms with van der Waals surface area (Å²) in [5.74, 6) is 0.548. The zero-order valence-corrected chi connectivity index (χ0v) is 13.7. The molecule has 3 aromatic rings. The van der Waals surface area contributed by atoms with E-state index in [1.165, 1.54) is 6.20 Å². The van der Waals surface area contributed by atoms with Gasteiger partial charge in [0.1, 0.15) is 12.1 Å². The number of para-hydroxylation sites is 2. The topological polar surface area (TPSA) is 80.0 Å². The Morgan fingerprint density at radius 2 is 2.00 bits per heavy atom. The van der Waals surface area contributed by atoms with E-state index >= 15 is 0 Å². The molecule has 0 radical (unpaired) electrons. The first-order chi connectivity index (χ1) is 11.6. The number of hydrogen-bond donors (Lipinski definition) is 2. The third-order valence-corrected chi connectivity index (χ3v) is 3.95. The second kappa shape index (κ2) is 6.80. The van der Waals surface area contributed by atoms with Gasteiger partial charge in [-0.2, -0.15) is 0 Å². The number of hydrogen-bond acceptors (Lipinski definition) is 4. The summed E-state index contributed by atoms with van der Waals surface area (Å²) in [7, 11) is 0. The van der Waals surface area contributed by atoms with Gasteiger partial charge < -0.3 is 10.4 Å². The predicted octanol–water partition coefficient (Wildman–Crippen LogP) is 2.17. The number of fused-ring (bicyclic) bond motifs is 1. The summed E-state index contributed by atoms with van der Waals surface area (Å²) in [6.07, 6.45) is 2.69.